The van der Waals surface area contributed by atoms with Gasteiger partial charge in [0.2, 0.25) is 0 Å². The molecule has 0 fully saturated rings. The van der Waals surface area contributed by atoms with Crippen LogP contribution < -0.4 is 0 Å². The number of benzene rings is 2. The molecule has 0 heterocycles. The van der Waals surface area contributed by atoms with E-state index in [1.165, 1.54) is 32.3 Å². The maximum absolute atomic E-state index is 3.72. The minimum Gasteiger partial charge on any atom is -0.103 e. The zero-order chi connectivity index (χ0) is 15.1. The molecule has 0 bridgehead atoms. The van der Waals surface area contributed by atoms with Crippen LogP contribution in [0.4, 0.5) is 0 Å². The summed E-state index contributed by atoms with van der Waals surface area (Å²) in [4.78, 5) is 0. The van der Waals surface area contributed by atoms with Crippen LogP contribution in [0.15, 0.2) is 53.5 Å². The van der Waals surface area contributed by atoms with E-state index in [0.29, 0.717) is 0 Å². The van der Waals surface area contributed by atoms with Crippen LogP contribution in [-0.2, 0) is 6.42 Å². The Hall–Kier alpha value is -1.34. The first-order valence-corrected chi connectivity index (χ1v) is 7.63. The van der Waals surface area contributed by atoms with Gasteiger partial charge in [0.15, 0.2) is 0 Å². The smallest absolute Gasteiger partial charge is 0.0204 e. The first-order chi connectivity index (χ1) is 9.43. The van der Waals surface area contributed by atoms with Gasteiger partial charge in [-0.2, -0.15) is 0 Å². The number of allylic oxidation sites excluding steroid dienone is 1. The fraction of sp³-hybridized carbons (Fsp3) is 0.263. The van der Waals surface area contributed by atoms with Gasteiger partial charge in [0.1, 0.15) is 0 Å². The summed E-state index contributed by atoms with van der Waals surface area (Å²) >= 11 is 3.43. The molecule has 20 heavy (non-hydrogen) atoms. The van der Waals surface area contributed by atoms with E-state index in [9.17, 15) is 0 Å². The van der Waals surface area contributed by atoms with Crippen LogP contribution in [0.3, 0.4) is 0 Å². The van der Waals surface area contributed by atoms with Crippen LogP contribution in [0.1, 0.15) is 27.8 Å². The van der Waals surface area contributed by atoms with Crippen LogP contribution >= 0.6 is 15.9 Å². The zero-order valence-corrected chi connectivity index (χ0v) is 14.4. The van der Waals surface area contributed by atoms with Crippen molar-refractivity contribution in [1.82, 2.24) is 0 Å². The molecule has 0 aliphatic heterocycles. The van der Waals surface area contributed by atoms with Gasteiger partial charge in [-0.15, -0.1) is 6.58 Å². The predicted octanol–water partition coefficient (Wildman–Crippen LogP) is 6.10. The molecule has 0 unspecified atom stereocenters. The Morgan fingerprint density at radius 1 is 0.900 bits per heavy atom. The second kappa shape index (κ2) is 8.06. The monoisotopic (exact) mass is 330 g/mol. The van der Waals surface area contributed by atoms with Gasteiger partial charge < -0.3 is 0 Å². The average molecular weight is 331 g/mol. The fourth-order valence-corrected chi connectivity index (χ4v) is 2.27. The normalized spacial score (nSPS) is 9.65. The second-order valence-electron chi connectivity index (χ2n) is 5.18. The second-order valence-corrected chi connectivity index (χ2v) is 6.03. The fourth-order valence-electron chi connectivity index (χ4n) is 2.02. The third kappa shape index (κ3) is 5.34. The molecule has 0 saturated carbocycles. The van der Waals surface area contributed by atoms with Gasteiger partial charge in [0.05, 0.1) is 0 Å². The van der Waals surface area contributed by atoms with Crippen molar-refractivity contribution < 1.29 is 0 Å². The number of hydrogen-bond donors (Lipinski definition) is 0. The van der Waals surface area contributed by atoms with E-state index < -0.39 is 0 Å². The third-order valence-corrected chi connectivity index (χ3v) is 4.07. The maximum Gasteiger partial charge on any atom is 0.0204 e. The van der Waals surface area contributed by atoms with Crippen LogP contribution in [0.5, 0.6) is 0 Å². The first-order valence-electron chi connectivity index (χ1n) is 6.84. The van der Waals surface area contributed by atoms with E-state index in [-0.39, 0.29) is 0 Å². The molecule has 0 aliphatic rings. The average Bonchev–Trinajstić information content (AvgIpc) is 2.39. The van der Waals surface area contributed by atoms with Crippen molar-refractivity contribution in [1.29, 1.82) is 0 Å². The van der Waals surface area contributed by atoms with Crippen molar-refractivity contribution >= 4 is 15.9 Å². The van der Waals surface area contributed by atoms with Gasteiger partial charge in [-0.1, -0.05) is 63.5 Å². The quantitative estimate of drug-likeness (QED) is 0.584. The molecule has 0 saturated heterocycles. The molecule has 0 radical (unpaired) electrons. The summed E-state index contributed by atoms with van der Waals surface area (Å²) in [5.41, 5.74) is 6.69. The van der Waals surface area contributed by atoms with Crippen LogP contribution in [-0.4, -0.2) is 0 Å². The van der Waals surface area contributed by atoms with E-state index in [0.717, 1.165) is 6.42 Å². The molecule has 1 heteroatoms. The summed E-state index contributed by atoms with van der Waals surface area (Å²) in [6.45, 7) is 12.2. The molecule has 0 aromatic heterocycles. The van der Waals surface area contributed by atoms with Crippen LogP contribution in [0.25, 0.3) is 0 Å². The highest BCUT2D eigenvalue weighted by atomic mass is 79.9. The van der Waals surface area contributed by atoms with Crippen LogP contribution in [0, 0.1) is 27.7 Å². The summed E-state index contributed by atoms with van der Waals surface area (Å²) in [7, 11) is 0. The molecule has 0 aliphatic carbocycles. The Balaban J connectivity index is 0.000000204. The molecular formula is C19H23Br. The highest BCUT2D eigenvalue weighted by Crippen LogP contribution is 2.16. The summed E-state index contributed by atoms with van der Waals surface area (Å²) in [6, 6.07) is 12.9. The number of hydrogen-bond acceptors (Lipinski definition) is 0. The first kappa shape index (κ1) is 16.7. The van der Waals surface area contributed by atoms with Gasteiger partial charge in [-0.25, -0.2) is 0 Å². The Labute approximate surface area is 131 Å². The lowest BCUT2D eigenvalue weighted by molar-refractivity contribution is 1.20. The molecule has 0 amide bonds. The molecule has 0 atom stereocenters. The van der Waals surface area contributed by atoms with E-state index in [1.54, 1.807) is 0 Å². The largest absolute Gasteiger partial charge is 0.103 e. The van der Waals surface area contributed by atoms with Crippen molar-refractivity contribution in [2.24, 2.45) is 0 Å². The Morgan fingerprint density at radius 2 is 1.45 bits per heavy atom. The summed E-state index contributed by atoms with van der Waals surface area (Å²) in [6.07, 6.45) is 2.92. The minimum atomic E-state index is 0.978. The van der Waals surface area contributed by atoms with Crippen LogP contribution in [0.2, 0.25) is 0 Å². The lowest BCUT2D eigenvalue weighted by atomic mass is 10.0. The topological polar surface area (TPSA) is 0 Å². The predicted molar refractivity (Wildman–Crippen MR) is 93.4 cm³/mol. The summed E-state index contributed by atoms with van der Waals surface area (Å²) < 4.78 is 1.19. The van der Waals surface area contributed by atoms with Gasteiger partial charge >= 0.3 is 0 Å². The SMILES string of the molecule is C=CCc1ccc(C)cc1C.Cc1ccc(Br)c(C)c1. The van der Waals surface area contributed by atoms with Crippen molar-refractivity contribution in [2.75, 3.05) is 0 Å². The van der Waals surface area contributed by atoms with Gasteiger partial charge in [0, 0.05) is 4.47 Å². The molecular weight excluding hydrogens is 308 g/mol. The minimum absolute atomic E-state index is 0.978. The number of halogens is 1. The molecule has 0 N–H and O–H groups in total. The van der Waals surface area contributed by atoms with E-state index >= 15 is 0 Å². The lowest BCUT2D eigenvalue weighted by Gasteiger charge is -2.02. The van der Waals surface area contributed by atoms with Crippen molar-refractivity contribution in [3.8, 4) is 0 Å². The molecule has 106 valence electrons. The highest BCUT2D eigenvalue weighted by molar-refractivity contribution is 9.10. The van der Waals surface area contributed by atoms with Gasteiger partial charge in [-0.3, -0.25) is 0 Å². The zero-order valence-electron chi connectivity index (χ0n) is 12.8. The molecule has 0 spiro atoms. The van der Waals surface area contributed by atoms with Gasteiger partial charge in [0.25, 0.3) is 0 Å². The lowest BCUT2D eigenvalue weighted by Crippen LogP contribution is -1.86. The Kier molecular flexibility index (Phi) is 6.74. The Morgan fingerprint density at radius 3 is 1.90 bits per heavy atom. The third-order valence-electron chi connectivity index (χ3n) is 3.18. The van der Waals surface area contributed by atoms with Crippen molar-refractivity contribution in [2.45, 2.75) is 34.1 Å². The summed E-state index contributed by atoms with van der Waals surface area (Å²) in [5.74, 6) is 0. The Bertz CT molecular complexity index is 582. The van der Waals surface area contributed by atoms with Gasteiger partial charge in [-0.05, 0) is 56.9 Å². The number of rotatable bonds is 2. The molecule has 0 nitrogen and oxygen atoms in total. The van der Waals surface area contributed by atoms with Crippen molar-refractivity contribution in [3.63, 3.8) is 0 Å². The maximum atomic E-state index is 3.72. The van der Waals surface area contributed by atoms with E-state index in [1.807, 2.05) is 6.08 Å². The molecule has 2 rings (SSSR count). The molecule has 2 aromatic rings. The van der Waals surface area contributed by atoms with Crippen molar-refractivity contribution in [3.05, 3.63) is 81.3 Å². The highest BCUT2D eigenvalue weighted by Gasteiger charge is 1.94. The summed E-state index contributed by atoms with van der Waals surface area (Å²) in [5, 5.41) is 0. The number of aryl methyl sites for hydroxylation is 4. The van der Waals surface area contributed by atoms with E-state index in [2.05, 4.69) is 86.6 Å². The standard InChI is InChI=1S/C11H14.C8H9Br/c1-4-5-11-7-6-9(2)8-10(11)3;1-6-3-4-8(9)7(2)5-6/h4,6-8H,1,5H2,2-3H3;3-5H,1-2H3. The molecule has 2 aromatic carbocycles. The van der Waals surface area contributed by atoms with E-state index in [4.69, 9.17) is 0 Å².